The number of hydrogen-bond acceptors (Lipinski definition) is 8. The zero-order chi connectivity index (χ0) is 23.9. The minimum atomic E-state index is -0.0241. The lowest BCUT2D eigenvalue weighted by Crippen LogP contribution is -2.44. The molecule has 10 heteroatoms. The number of benzene rings is 1. The molecule has 3 aromatic rings. The van der Waals surface area contributed by atoms with Gasteiger partial charge in [-0.3, -0.25) is 9.89 Å². The van der Waals surface area contributed by atoms with Gasteiger partial charge in [-0.15, -0.1) is 0 Å². The summed E-state index contributed by atoms with van der Waals surface area (Å²) in [7, 11) is 2.15. The molecule has 180 valence electrons. The Morgan fingerprint density at radius 3 is 2.50 bits per heavy atom. The van der Waals surface area contributed by atoms with E-state index in [1.165, 1.54) is 5.56 Å². The Hall–Kier alpha value is -3.11. The van der Waals surface area contributed by atoms with Crippen LogP contribution in [0.5, 0.6) is 0 Å². The van der Waals surface area contributed by atoms with Crippen molar-refractivity contribution in [1.82, 2.24) is 25.1 Å². The fourth-order valence-corrected chi connectivity index (χ4v) is 4.01. The fraction of sp³-hybridized carbons (Fsp3) is 0.417. The lowest BCUT2D eigenvalue weighted by Gasteiger charge is -2.33. The van der Waals surface area contributed by atoms with Gasteiger partial charge in [0, 0.05) is 62.5 Å². The van der Waals surface area contributed by atoms with Crippen LogP contribution in [0.2, 0.25) is 0 Å². The van der Waals surface area contributed by atoms with Gasteiger partial charge in [-0.25, -0.2) is 9.97 Å². The van der Waals surface area contributed by atoms with Crippen molar-refractivity contribution in [3.8, 4) is 0 Å². The van der Waals surface area contributed by atoms with Gasteiger partial charge >= 0.3 is 0 Å². The number of thiol groups is 1. The molecule has 1 aliphatic rings. The molecule has 0 spiro atoms. The largest absolute Gasteiger partial charge is 0.354 e. The second-order valence-electron chi connectivity index (χ2n) is 8.60. The Labute approximate surface area is 205 Å². The highest BCUT2D eigenvalue weighted by Crippen LogP contribution is 2.21. The van der Waals surface area contributed by atoms with E-state index >= 15 is 0 Å². The Kier molecular flexibility index (Phi) is 8.02. The SMILES string of the molecule is Cc1cc(Nc2cc(N3CCN(C)CC3)nc(CCc3ccc(NC(=O)CCS)cc3)n2)n[nH]1. The van der Waals surface area contributed by atoms with E-state index in [4.69, 9.17) is 9.97 Å². The number of likely N-dealkylation sites (N-methyl/N-ethyl adjacent to an activating group) is 1. The van der Waals surface area contributed by atoms with Crippen molar-refractivity contribution in [1.29, 1.82) is 0 Å². The highest BCUT2D eigenvalue weighted by Gasteiger charge is 2.17. The van der Waals surface area contributed by atoms with E-state index in [0.717, 1.165) is 67.3 Å². The summed E-state index contributed by atoms with van der Waals surface area (Å²) in [6, 6.07) is 11.9. The maximum atomic E-state index is 11.8. The minimum Gasteiger partial charge on any atom is -0.354 e. The third kappa shape index (κ3) is 6.71. The van der Waals surface area contributed by atoms with Crippen LogP contribution in [0.3, 0.4) is 0 Å². The summed E-state index contributed by atoms with van der Waals surface area (Å²) in [5, 5.41) is 13.4. The van der Waals surface area contributed by atoms with Crippen LogP contribution < -0.4 is 15.5 Å². The topological polar surface area (TPSA) is 102 Å². The molecule has 1 saturated heterocycles. The molecule has 1 fully saturated rings. The van der Waals surface area contributed by atoms with Crippen molar-refractivity contribution in [2.45, 2.75) is 26.2 Å². The number of carbonyl (C=O) groups is 1. The highest BCUT2D eigenvalue weighted by molar-refractivity contribution is 7.80. The summed E-state index contributed by atoms with van der Waals surface area (Å²) in [4.78, 5) is 26.0. The summed E-state index contributed by atoms with van der Waals surface area (Å²) in [6.07, 6.45) is 1.92. The number of anilines is 4. The first-order valence-corrected chi connectivity index (χ1v) is 12.2. The average molecular weight is 481 g/mol. The number of nitrogens with zero attached hydrogens (tertiary/aromatic N) is 5. The number of aromatic nitrogens is 4. The molecule has 9 nitrogen and oxygen atoms in total. The minimum absolute atomic E-state index is 0.0241. The standard InChI is InChI=1S/C24H32N8OS/c1-17-15-22(30-29-17)27-21-16-23(32-12-10-31(2)11-13-32)28-20(26-21)8-5-18-3-6-19(7-4-18)25-24(33)9-14-34/h3-4,6-7,15-16,34H,5,8-14H2,1-2H3,(H,25,33)(H2,26,27,28,29,30). The predicted molar refractivity (Wildman–Crippen MR) is 139 cm³/mol. The Morgan fingerprint density at radius 1 is 1.06 bits per heavy atom. The molecular formula is C24H32N8OS. The molecule has 4 rings (SSSR count). The Morgan fingerprint density at radius 2 is 1.82 bits per heavy atom. The second kappa shape index (κ2) is 11.3. The number of H-pyrrole nitrogens is 1. The van der Waals surface area contributed by atoms with Crippen molar-refractivity contribution in [2.75, 3.05) is 54.5 Å². The van der Waals surface area contributed by atoms with Crippen LogP contribution in [0.15, 0.2) is 36.4 Å². The molecule has 2 aromatic heterocycles. The van der Waals surface area contributed by atoms with Gasteiger partial charge in [0.25, 0.3) is 0 Å². The maximum Gasteiger partial charge on any atom is 0.225 e. The molecule has 1 amide bonds. The normalized spacial score (nSPS) is 14.3. The average Bonchev–Trinajstić information content (AvgIpc) is 3.23. The second-order valence-corrected chi connectivity index (χ2v) is 9.05. The van der Waals surface area contributed by atoms with Crippen LogP contribution in [-0.4, -0.2) is 70.0 Å². The van der Waals surface area contributed by atoms with Crippen molar-refractivity contribution in [3.05, 3.63) is 53.5 Å². The van der Waals surface area contributed by atoms with Gasteiger partial charge in [0.15, 0.2) is 5.82 Å². The van der Waals surface area contributed by atoms with Gasteiger partial charge in [0.05, 0.1) is 0 Å². The molecule has 0 atom stereocenters. The van der Waals surface area contributed by atoms with Crippen molar-refractivity contribution >= 4 is 41.7 Å². The van der Waals surface area contributed by atoms with E-state index in [1.807, 2.05) is 43.3 Å². The van der Waals surface area contributed by atoms with Gasteiger partial charge < -0.3 is 20.4 Å². The zero-order valence-electron chi connectivity index (χ0n) is 19.7. The number of carbonyl (C=O) groups excluding carboxylic acids is 1. The van der Waals surface area contributed by atoms with Crippen LogP contribution in [0, 0.1) is 6.92 Å². The van der Waals surface area contributed by atoms with E-state index in [-0.39, 0.29) is 5.91 Å². The van der Waals surface area contributed by atoms with Crippen LogP contribution in [0.4, 0.5) is 23.1 Å². The zero-order valence-corrected chi connectivity index (χ0v) is 20.6. The number of aromatic amines is 1. The third-order valence-corrected chi connectivity index (χ3v) is 5.99. The molecule has 0 radical (unpaired) electrons. The molecule has 0 saturated carbocycles. The molecule has 34 heavy (non-hydrogen) atoms. The maximum absolute atomic E-state index is 11.8. The van der Waals surface area contributed by atoms with Crippen molar-refractivity contribution < 1.29 is 4.79 Å². The summed E-state index contributed by atoms with van der Waals surface area (Å²) < 4.78 is 0. The van der Waals surface area contributed by atoms with E-state index in [2.05, 4.69) is 50.3 Å². The molecule has 0 unspecified atom stereocenters. The Balaban J connectivity index is 1.46. The highest BCUT2D eigenvalue weighted by atomic mass is 32.1. The van der Waals surface area contributed by atoms with E-state index in [9.17, 15) is 4.79 Å². The first kappa shape index (κ1) is 24.0. The van der Waals surface area contributed by atoms with Crippen LogP contribution in [0.25, 0.3) is 0 Å². The van der Waals surface area contributed by atoms with Gasteiger partial charge in [-0.2, -0.15) is 17.7 Å². The van der Waals surface area contributed by atoms with Crippen LogP contribution in [-0.2, 0) is 17.6 Å². The summed E-state index contributed by atoms with van der Waals surface area (Å²) in [5.41, 5.74) is 2.95. The lowest BCUT2D eigenvalue weighted by molar-refractivity contribution is -0.115. The first-order valence-electron chi connectivity index (χ1n) is 11.6. The first-order chi connectivity index (χ1) is 16.5. The lowest BCUT2D eigenvalue weighted by atomic mass is 10.1. The summed E-state index contributed by atoms with van der Waals surface area (Å²) in [5.74, 6) is 3.72. The number of piperazine rings is 1. The molecule has 3 heterocycles. The number of hydrogen-bond donors (Lipinski definition) is 4. The number of rotatable bonds is 9. The van der Waals surface area contributed by atoms with Crippen LogP contribution >= 0.6 is 12.6 Å². The molecule has 0 aliphatic carbocycles. The van der Waals surface area contributed by atoms with E-state index < -0.39 is 0 Å². The molecule has 3 N–H and O–H groups in total. The van der Waals surface area contributed by atoms with Crippen molar-refractivity contribution in [2.24, 2.45) is 0 Å². The fourth-order valence-electron chi connectivity index (χ4n) is 3.81. The van der Waals surface area contributed by atoms with Crippen LogP contribution in [0.1, 0.15) is 23.5 Å². The third-order valence-electron chi connectivity index (χ3n) is 5.76. The van der Waals surface area contributed by atoms with Gasteiger partial charge in [-0.1, -0.05) is 12.1 Å². The molecular weight excluding hydrogens is 448 g/mol. The number of amides is 1. The molecule has 1 aromatic carbocycles. The summed E-state index contributed by atoms with van der Waals surface area (Å²) >= 11 is 4.10. The molecule has 1 aliphatic heterocycles. The van der Waals surface area contributed by atoms with Gasteiger partial charge in [0.2, 0.25) is 5.91 Å². The quantitative estimate of drug-likeness (QED) is 0.349. The van der Waals surface area contributed by atoms with E-state index in [1.54, 1.807) is 0 Å². The Bertz CT molecular complexity index is 1090. The van der Waals surface area contributed by atoms with Gasteiger partial charge in [-0.05, 0) is 43.8 Å². The predicted octanol–water partition coefficient (Wildman–Crippen LogP) is 3.05. The number of aryl methyl sites for hydroxylation is 3. The monoisotopic (exact) mass is 480 g/mol. The van der Waals surface area contributed by atoms with Crippen molar-refractivity contribution in [3.63, 3.8) is 0 Å². The molecule has 0 bridgehead atoms. The number of nitrogens with one attached hydrogen (secondary N) is 3. The van der Waals surface area contributed by atoms with E-state index in [0.29, 0.717) is 18.6 Å². The smallest absolute Gasteiger partial charge is 0.225 e. The summed E-state index contributed by atoms with van der Waals surface area (Å²) in [6.45, 7) is 5.87. The van der Waals surface area contributed by atoms with Gasteiger partial charge in [0.1, 0.15) is 17.5 Å².